The van der Waals surface area contributed by atoms with E-state index in [1.807, 2.05) is 30.3 Å². The summed E-state index contributed by atoms with van der Waals surface area (Å²) in [5.41, 5.74) is 6.46. The lowest BCUT2D eigenvalue weighted by atomic mass is 10.00. The highest BCUT2D eigenvalue weighted by Gasteiger charge is 2.30. The number of aromatic amines is 1. The predicted octanol–water partition coefficient (Wildman–Crippen LogP) is 4.45. The van der Waals surface area contributed by atoms with E-state index in [0.29, 0.717) is 24.7 Å². The second-order valence-electron chi connectivity index (χ2n) is 9.85. The van der Waals surface area contributed by atoms with Gasteiger partial charge in [-0.1, -0.05) is 23.4 Å². The number of rotatable bonds is 11. The van der Waals surface area contributed by atoms with Crippen LogP contribution in [0.3, 0.4) is 0 Å². The van der Waals surface area contributed by atoms with Gasteiger partial charge in [0.1, 0.15) is 5.75 Å². The number of methoxy groups -OCH3 is 1. The maximum absolute atomic E-state index is 12.4. The number of hydrogen-bond acceptors (Lipinski definition) is 7. The summed E-state index contributed by atoms with van der Waals surface area (Å²) < 4.78 is 7.19. The minimum absolute atomic E-state index is 0.264. The van der Waals surface area contributed by atoms with E-state index in [1.165, 1.54) is 24.1 Å². The first-order valence-electron chi connectivity index (χ1n) is 13.3. The van der Waals surface area contributed by atoms with Crippen molar-refractivity contribution in [2.24, 2.45) is 0 Å². The number of pyridine rings is 1. The van der Waals surface area contributed by atoms with Crippen LogP contribution in [0.25, 0.3) is 22.2 Å². The molecule has 1 aromatic carbocycles. The van der Waals surface area contributed by atoms with Crippen molar-refractivity contribution in [3.8, 4) is 16.9 Å². The molecule has 198 valence electrons. The van der Waals surface area contributed by atoms with Crippen LogP contribution in [0, 0.1) is 0 Å². The van der Waals surface area contributed by atoms with E-state index in [4.69, 9.17) is 4.74 Å². The van der Waals surface area contributed by atoms with Crippen LogP contribution in [0.2, 0.25) is 0 Å². The molecule has 10 nitrogen and oxygen atoms in total. The van der Waals surface area contributed by atoms with Crippen molar-refractivity contribution in [1.29, 1.82) is 0 Å². The lowest BCUT2D eigenvalue weighted by Crippen LogP contribution is -2.23. The average Bonchev–Trinajstić information content (AvgIpc) is 3.59. The number of amides is 1. The van der Waals surface area contributed by atoms with Crippen molar-refractivity contribution in [3.63, 3.8) is 0 Å². The second kappa shape index (κ2) is 11.0. The molecular formula is C29H30N8O2. The number of aromatic nitrogens is 7. The summed E-state index contributed by atoms with van der Waals surface area (Å²) in [6.07, 6.45) is 8.36. The predicted molar refractivity (Wildman–Crippen MR) is 146 cm³/mol. The van der Waals surface area contributed by atoms with Gasteiger partial charge in [0, 0.05) is 29.4 Å². The second-order valence-corrected chi connectivity index (χ2v) is 9.85. The molecular weight excluding hydrogens is 492 g/mol. The average molecular weight is 523 g/mol. The van der Waals surface area contributed by atoms with E-state index >= 15 is 0 Å². The van der Waals surface area contributed by atoms with Crippen LogP contribution in [-0.4, -0.2) is 48.2 Å². The number of nitrogens with one attached hydrogen (secondary N) is 2. The topological polar surface area (TPSA) is 124 Å². The first kappa shape index (κ1) is 24.7. The molecule has 1 fully saturated rings. The lowest BCUT2D eigenvalue weighted by molar-refractivity contribution is 0.0945. The van der Waals surface area contributed by atoms with Gasteiger partial charge in [-0.2, -0.15) is 5.10 Å². The molecule has 0 radical (unpaired) electrons. The Morgan fingerprint density at radius 1 is 1.08 bits per heavy atom. The van der Waals surface area contributed by atoms with Gasteiger partial charge in [-0.3, -0.25) is 14.5 Å². The number of hydrogen-bond donors (Lipinski definition) is 2. The number of aryl methyl sites for hydroxylation is 2. The highest BCUT2D eigenvalue weighted by molar-refractivity contribution is 5.96. The van der Waals surface area contributed by atoms with Crippen LogP contribution < -0.4 is 10.1 Å². The molecule has 1 aliphatic rings. The summed E-state index contributed by atoms with van der Waals surface area (Å²) in [5.74, 6) is 1.13. The first-order valence-corrected chi connectivity index (χ1v) is 13.3. The standard InChI is InChI=1S/C29H30N8O2/c1-39-23-10-6-7-20(15-23)26-24-16-21(33-35-28(24)32-27(26)19-11-12-19)8-3-5-14-37-18-25(34-36-37)29(38)31-17-22-9-2-4-13-30-22/h2,4,6-7,9-10,13,15-16,18-19H,3,5,8,11-12,14,17H2,1H3,(H,31,38)(H,32,35). The minimum Gasteiger partial charge on any atom is -0.497 e. The van der Waals surface area contributed by atoms with Crippen LogP contribution in [0.15, 0.2) is 60.9 Å². The molecule has 5 aromatic rings. The summed E-state index contributed by atoms with van der Waals surface area (Å²) in [6, 6.07) is 16.0. The molecule has 1 amide bonds. The third-order valence-electron chi connectivity index (χ3n) is 6.98. The van der Waals surface area contributed by atoms with Crippen LogP contribution in [-0.2, 0) is 19.5 Å². The van der Waals surface area contributed by atoms with Gasteiger partial charge in [0.2, 0.25) is 0 Å². The molecule has 0 aliphatic heterocycles. The van der Waals surface area contributed by atoms with Crippen molar-refractivity contribution in [2.45, 2.75) is 51.1 Å². The van der Waals surface area contributed by atoms with Crippen molar-refractivity contribution >= 4 is 16.9 Å². The van der Waals surface area contributed by atoms with Gasteiger partial charge in [0.15, 0.2) is 11.3 Å². The fourth-order valence-corrected chi connectivity index (χ4v) is 4.80. The Kier molecular flexibility index (Phi) is 6.99. The molecule has 2 N–H and O–H groups in total. The monoisotopic (exact) mass is 522 g/mol. The lowest BCUT2D eigenvalue weighted by Gasteiger charge is -2.07. The van der Waals surface area contributed by atoms with Gasteiger partial charge < -0.3 is 15.0 Å². The Bertz CT molecular complexity index is 1590. The van der Waals surface area contributed by atoms with Gasteiger partial charge >= 0.3 is 0 Å². The molecule has 0 spiro atoms. The van der Waals surface area contributed by atoms with E-state index in [0.717, 1.165) is 53.0 Å². The highest BCUT2D eigenvalue weighted by Crippen LogP contribution is 2.46. The van der Waals surface area contributed by atoms with E-state index < -0.39 is 0 Å². The molecule has 0 atom stereocenters. The third kappa shape index (κ3) is 5.64. The normalized spacial score (nSPS) is 13.1. The van der Waals surface area contributed by atoms with Crippen molar-refractivity contribution in [2.75, 3.05) is 7.11 Å². The summed E-state index contributed by atoms with van der Waals surface area (Å²) >= 11 is 0. The van der Waals surface area contributed by atoms with Gasteiger partial charge in [0.25, 0.3) is 5.91 Å². The number of benzene rings is 1. The Labute approximate surface area is 225 Å². The number of ether oxygens (including phenoxy) is 1. The molecule has 6 rings (SSSR count). The molecule has 0 unspecified atom stereocenters. The van der Waals surface area contributed by atoms with Gasteiger partial charge in [-0.05, 0) is 73.9 Å². The number of nitrogens with zero attached hydrogens (tertiary/aromatic N) is 6. The molecule has 0 bridgehead atoms. The number of carbonyl (C=O) groups excluding carboxylic acids is 1. The third-order valence-corrected chi connectivity index (χ3v) is 6.98. The largest absolute Gasteiger partial charge is 0.497 e. The zero-order valence-corrected chi connectivity index (χ0v) is 21.8. The summed E-state index contributed by atoms with van der Waals surface area (Å²) in [6.45, 7) is 1.02. The van der Waals surface area contributed by atoms with E-state index in [2.05, 4.69) is 54.0 Å². The SMILES string of the molecule is COc1cccc(-c2c(C3CC3)[nH]c3nnc(CCCCn4cc(C(=O)NCc5ccccn5)nn4)cc23)c1. The Morgan fingerprint density at radius 3 is 2.82 bits per heavy atom. The number of unbranched alkanes of at least 4 members (excludes halogenated alkanes) is 1. The zero-order valence-electron chi connectivity index (χ0n) is 21.8. The molecule has 10 heteroatoms. The summed E-state index contributed by atoms with van der Waals surface area (Å²) in [7, 11) is 1.69. The number of fused-ring (bicyclic) bond motifs is 1. The van der Waals surface area contributed by atoms with E-state index in [-0.39, 0.29) is 5.91 Å². The Hall–Kier alpha value is -4.60. The number of carbonyl (C=O) groups is 1. The fourth-order valence-electron chi connectivity index (χ4n) is 4.80. The van der Waals surface area contributed by atoms with Crippen LogP contribution in [0.4, 0.5) is 0 Å². The molecule has 39 heavy (non-hydrogen) atoms. The van der Waals surface area contributed by atoms with Crippen molar-refractivity contribution in [3.05, 3.63) is 83.7 Å². The van der Waals surface area contributed by atoms with Crippen LogP contribution in [0.1, 0.15) is 59.2 Å². The van der Waals surface area contributed by atoms with E-state index in [9.17, 15) is 4.79 Å². The maximum Gasteiger partial charge on any atom is 0.273 e. The molecule has 0 saturated heterocycles. The van der Waals surface area contributed by atoms with Gasteiger partial charge in [-0.15, -0.1) is 10.2 Å². The summed E-state index contributed by atoms with van der Waals surface area (Å²) in [5, 5.41) is 21.1. The van der Waals surface area contributed by atoms with Crippen LogP contribution >= 0.6 is 0 Å². The zero-order chi connectivity index (χ0) is 26.6. The fraction of sp³-hybridized carbons (Fsp3) is 0.310. The molecule has 1 aliphatic carbocycles. The van der Waals surface area contributed by atoms with Crippen LogP contribution in [0.5, 0.6) is 5.75 Å². The molecule has 4 heterocycles. The van der Waals surface area contributed by atoms with Gasteiger partial charge in [-0.25, -0.2) is 0 Å². The molecule has 1 saturated carbocycles. The minimum atomic E-state index is -0.264. The highest BCUT2D eigenvalue weighted by atomic mass is 16.5. The number of H-pyrrole nitrogens is 1. The quantitative estimate of drug-likeness (QED) is 0.246. The Balaban J connectivity index is 1.08. The van der Waals surface area contributed by atoms with Crippen molar-refractivity contribution < 1.29 is 9.53 Å². The first-order chi connectivity index (χ1) is 19.2. The van der Waals surface area contributed by atoms with Crippen molar-refractivity contribution in [1.82, 2.24) is 40.5 Å². The maximum atomic E-state index is 12.4. The summed E-state index contributed by atoms with van der Waals surface area (Å²) in [4.78, 5) is 20.1. The van der Waals surface area contributed by atoms with Gasteiger partial charge in [0.05, 0.1) is 31.2 Å². The molecule has 4 aromatic heterocycles. The Morgan fingerprint density at radius 2 is 2.00 bits per heavy atom. The smallest absolute Gasteiger partial charge is 0.273 e. The van der Waals surface area contributed by atoms with E-state index in [1.54, 1.807) is 24.2 Å².